The summed E-state index contributed by atoms with van der Waals surface area (Å²) in [5, 5.41) is 4.36. The summed E-state index contributed by atoms with van der Waals surface area (Å²) >= 11 is 0. The largest absolute Gasteiger partial charge is 0.456 e. The van der Waals surface area contributed by atoms with Gasteiger partial charge in [-0.2, -0.15) is 0 Å². The Morgan fingerprint density at radius 2 is 0.780 bits per heavy atom. The van der Waals surface area contributed by atoms with Crippen LogP contribution in [0.5, 0.6) is 23.0 Å². The van der Waals surface area contributed by atoms with E-state index < -0.39 is 0 Å². The lowest BCUT2D eigenvalue weighted by molar-refractivity contribution is 0.360. The van der Waals surface area contributed by atoms with Gasteiger partial charge in [-0.25, -0.2) is 0 Å². The summed E-state index contributed by atoms with van der Waals surface area (Å²) in [7, 11) is 0. The number of ether oxygens (including phenoxy) is 2. The van der Waals surface area contributed by atoms with Gasteiger partial charge in [-0.05, 0) is 60.7 Å². The Morgan fingerprint density at radius 1 is 0.341 bits per heavy atom. The molecule has 1 aliphatic rings. The monoisotopic (exact) mass is 531 g/mol. The summed E-state index contributed by atoms with van der Waals surface area (Å²) in [4.78, 5) is 2.18. The number of furan rings is 2. The highest BCUT2D eigenvalue weighted by molar-refractivity contribution is 6.07. The molecule has 8 aromatic rings. The predicted octanol–water partition coefficient (Wildman–Crippen LogP) is 10.9. The van der Waals surface area contributed by atoms with E-state index >= 15 is 0 Å². The number of benzene rings is 6. The number of rotatable bonds is 3. The lowest BCUT2D eigenvalue weighted by Gasteiger charge is -2.27. The predicted molar refractivity (Wildman–Crippen MR) is 162 cm³/mol. The molecule has 0 N–H and O–H groups in total. The maximum atomic E-state index is 6.27. The number of para-hydroxylation sites is 4. The molecule has 0 radical (unpaired) electrons. The summed E-state index contributed by atoms with van der Waals surface area (Å²) in [6.45, 7) is 0. The molecular formula is C36H21NO4. The quantitative estimate of drug-likeness (QED) is 0.227. The van der Waals surface area contributed by atoms with E-state index in [1.807, 2.05) is 78.9 Å². The molecule has 5 nitrogen and oxygen atoms in total. The van der Waals surface area contributed by atoms with Crippen molar-refractivity contribution in [1.82, 2.24) is 0 Å². The lowest BCUT2D eigenvalue weighted by atomic mass is 10.1. The van der Waals surface area contributed by atoms with E-state index in [1.54, 1.807) is 0 Å². The Labute approximate surface area is 234 Å². The van der Waals surface area contributed by atoms with Crippen LogP contribution in [0.4, 0.5) is 17.1 Å². The van der Waals surface area contributed by atoms with Crippen molar-refractivity contribution in [2.45, 2.75) is 0 Å². The molecule has 41 heavy (non-hydrogen) atoms. The Balaban J connectivity index is 1.24. The van der Waals surface area contributed by atoms with Crippen LogP contribution in [-0.2, 0) is 0 Å². The fourth-order valence-electron chi connectivity index (χ4n) is 5.81. The molecule has 0 aliphatic carbocycles. The van der Waals surface area contributed by atoms with E-state index in [-0.39, 0.29) is 0 Å². The maximum absolute atomic E-state index is 6.27. The van der Waals surface area contributed by atoms with Crippen LogP contribution in [0.3, 0.4) is 0 Å². The molecule has 194 valence electrons. The van der Waals surface area contributed by atoms with Crippen LogP contribution in [0, 0.1) is 0 Å². The van der Waals surface area contributed by atoms with E-state index in [2.05, 4.69) is 53.4 Å². The van der Waals surface area contributed by atoms with Crippen molar-refractivity contribution < 1.29 is 18.3 Å². The number of hydrogen-bond acceptors (Lipinski definition) is 5. The van der Waals surface area contributed by atoms with E-state index in [0.29, 0.717) is 23.0 Å². The first-order valence-electron chi connectivity index (χ1n) is 13.5. The number of anilines is 3. The zero-order chi connectivity index (χ0) is 26.9. The van der Waals surface area contributed by atoms with Crippen molar-refractivity contribution >= 4 is 60.9 Å². The Kier molecular flexibility index (Phi) is 4.55. The highest BCUT2D eigenvalue weighted by atomic mass is 16.6. The normalized spacial score (nSPS) is 12.3. The molecule has 3 heterocycles. The third-order valence-electron chi connectivity index (χ3n) is 7.72. The van der Waals surface area contributed by atoms with Gasteiger partial charge in [0.05, 0.1) is 5.69 Å². The van der Waals surface area contributed by atoms with E-state index in [1.165, 1.54) is 0 Å². The van der Waals surface area contributed by atoms with Gasteiger partial charge in [0.2, 0.25) is 0 Å². The minimum atomic E-state index is 0.654. The molecule has 0 saturated heterocycles. The molecule has 0 amide bonds. The van der Waals surface area contributed by atoms with Crippen LogP contribution in [0.25, 0.3) is 43.9 Å². The van der Waals surface area contributed by atoms with Crippen LogP contribution in [0.2, 0.25) is 0 Å². The topological polar surface area (TPSA) is 48.0 Å². The Hall–Kier alpha value is -5.68. The van der Waals surface area contributed by atoms with E-state index in [9.17, 15) is 0 Å². The van der Waals surface area contributed by atoms with Crippen LogP contribution >= 0.6 is 0 Å². The second-order valence-corrected chi connectivity index (χ2v) is 10.2. The molecule has 9 rings (SSSR count). The average Bonchev–Trinajstić information content (AvgIpc) is 3.57. The van der Waals surface area contributed by atoms with Gasteiger partial charge in [0.25, 0.3) is 0 Å². The van der Waals surface area contributed by atoms with Gasteiger partial charge in [0, 0.05) is 51.1 Å². The number of hydrogen-bond donors (Lipinski definition) is 0. The summed E-state index contributed by atoms with van der Waals surface area (Å²) in [5.41, 5.74) is 6.20. The van der Waals surface area contributed by atoms with Crippen molar-refractivity contribution in [2.24, 2.45) is 0 Å². The average molecular weight is 532 g/mol. The molecule has 6 aromatic carbocycles. The molecule has 1 aliphatic heterocycles. The Bertz CT molecular complexity index is 2180. The van der Waals surface area contributed by atoms with E-state index in [4.69, 9.17) is 18.3 Å². The summed E-state index contributed by atoms with van der Waals surface area (Å²) in [6.07, 6.45) is 0. The fraction of sp³-hybridized carbons (Fsp3) is 0. The maximum Gasteiger partial charge on any atom is 0.172 e. The molecule has 0 bridgehead atoms. The lowest BCUT2D eigenvalue weighted by Crippen LogP contribution is -2.10. The highest BCUT2D eigenvalue weighted by Crippen LogP contribution is 2.48. The molecule has 5 heteroatoms. The van der Waals surface area contributed by atoms with Crippen molar-refractivity contribution in [3.8, 4) is 23.0 Å². The minimum Gasteiger partial charge on any atom is -0.456 e. The van der Waals surface area contributed by atoms with Crippen LogP contribution < -0.4 is 14.4 Å². The summed E-state index contributed by atoms with van der Waals surface area (Å²) in [5.74, 6) is 2.72. The van der Waals surface area contributed by atoms with Crippen molar-refractivity contribution in [2.75, 3.05) is 4.90 Å². The molecule has 0 atom stereocenters. The summed E-state index contributed by atoms with van der Waals surface area (Å²) < 4.78 is 24.9. The van der Waals surface area contributed by atoms with Gasteiger partial charge in [-0.1, -0.05) is 48.5 Å². The second-order valence-electron chi connectivity index (χ2n) is 10.2. The number of nitrogens with zero attached hydrogens (tertiary/aromatic N) is 1. The zero-order valence-corrected chi connectivity index (χ0v) is 21.7. The number of fused-ring (bicyclic) bond motifs is 8. The van der Waals surface area contributed by atoms with Crippen LogP contribution in [-0.4, -0.2) is 0 Å². The van der Waals surface area contributed by atoms with Gasteiger partial charge in [0.15, 0.2) is 23.0 Å². The van der Waals surface area contributed by atoms with Gasteiger partial charge in [-0.3, -0.25) is 0 Å². The fourth-order valence-corrected chi connectivity index (χ4v) is 5.81. The van der Waals surface area contributed by atoms with Gasteiger partial charge < -0.3 is 23.2 Å². The van der Waals surface area contributed by atoms with Crippen LogP contribution in [0.1, 0.15) is 0 Å². The molecule has 0 saturated carbocycles. The first-order valence-corrected chi connectivity index (χ1v) is 13.5. The van der Waals surface area contributed by atoms with Gasteiger partial charge in [0.1, 0.15) is 22.3 Å². The molecule has 0 unspecified atom stereocenters. The highest BCUT2D eigenvalue weighted by Gasteiger charge is 2.22. The van der Waals surface area contributed by atoms with E-state index in [0.717, 1.165) is 60.9 Å². The summed E-state index contributed by atoms with van der Waals surface area (Å²) in [6, 6.07) is 42.6. The molecular weight excluding hydrogens is 510 g/mol. The molecule has 0 fully saturated rings. The standard InChI is InChI=1S/C36H21NO4/c1-3-9-29-25(7-1)27-16-13-22(19-34(27)38-29)37(23-14-17-28-26-8-2-4-10-30(26)39-35(28)20-23)24-15-18-33-36(21-24)41-32-12-6-5-11-31(32)40-33/h1-21H. The zero-order valence-electron chi connectivity index (χ0n) is 21.7. The Morgan fingerprint density at radius 3 is 1.39 bits per heavy atom. The smallest absolute Gasteiger partial charge is 0.172 e. The van der Waals surface area contributed by atoms with Crippen molar-refractivity contribution in [3.63, 3.8) is 0 Å². The van der Waals surface area contributed by atoms with Gasteiger partial charge >= 0.3 is 0 Å². The van der Waals surface area contributed by atoms with Crippen molar-refractivity contribution in [1.29, 1.82) is 0 Å². The first kappa shape index (κ1) is 22.2. The third-order valence-corrected chi connectivity index (χ3v) is 7.72. The first-order chi connectivity index (χ1) is 20.3. The third kappa shape index (κ3) is 3.42. The minimum absolute atomic E-state index is 0.654. The SMILES string of the molecule is c1ccc2c(c1)Oc1ccc(N(c3ccc4c(c3)oc3ccccc34)c3ccc4c(c3)oc3ccccc34)cc1O2. The van der Waals surface area contributed by atoms with Crippen molar-refractivity contribution in [3.05, 3.63) is 127 Å². The molecule has 2 aromatic heterocycles. The molecule has 0 spiro atoms. The van der Waals surface area contributed by atoms with Gasteiger partial charge in [-0.15, -0.1) is 0 Å². The second kappa shape index (κ2) is 8.41. The van der Waals surface area contributed by atoms with Crippen LogP contribution in [0.15, 0.2) is 136 Å².